The zero-order valence-corrected chi connectivity index (χ0v) is 16.9. The zero-order valence-electron chi connectivity index (χ0n) is 16.9. The first kappa shape index (κ1) is 23.3. The molecule has 0 aromatic rings. The van der Waals surface area contributed by atoms with Gasteiger partial charge >= 0.3 is 11.9 Å². The van der Waals surface area contributed by atoms with Crippen molar-refractivity contribution in [2.24, 2.45) is 0 Å². The summed E-state index contributed by atoms with van der Waals surface area (Å²) in [6.07, 6.45) is -1.52. The standard InChI is InChI=1S/C18H32N2O7/c1-10(2)26-17(24)14(11(3)21)20-16(23)15-12(7-8-19-15)25-9-13(22)27-18(4,5)6/h10-12,14-15,19,21H,7-9H2,1-6H3,(H,20,23)/t11-,12+,14+,15+/m1/s1. The highest BCUT2D eigenvalue weighted by atomic mass is 16.6. The number of aliphatic hydroxyl groups is 1. The second kappa shape index (κ2) is 10.0. The lowest BCUT2D eigenvalue weighted by Crippen LogP contribution is -2.55. The molecule has 156 valence electrons. The van der Waals surface area contributed by atoms with Crippen molar-refractivity contribution in [1.29, 1.82) is 0 Å². The van der Waals surface area contributed by atoms with Gasteiger partial charge in [-0.25, -0.2) is 9.59 Å². The smallest absolute Gasteiger partial charge is 0.332 e. The highest BCUT2D eigenvalue weighted by Gasteiger charge is 2.37. The van der Waals surface area contributed by atoms with E-state index in [0.717, 1.165) is 0 Å². The third-order valence-corrected chi connectivity index (χ3v) is 3.67. The van der Waals surface area contributed by atoms with E-state index in [4.69, 9.17) is 14.2 Å². The molecule has 3 N–H and O–H groups in total. The van der Waals surface area contributed by atoms with Crippen molar-refractivity contribution >= 4 is 17.8 Å². The van der Waals surface area contributed by atoms with E-state index in [9.17, 15) is 19.5 Å². The van der Waals surface area contributed by atoms with Gasteiger partial charge in [-0.3, -0.25) is 4.79 Å². The van der Waals surface area contributed by atoms with Gasteiger partial charge in [0.05, 0.1) is 18.3 Å². The van der Waals surface area contributed by atoms with Crippen LogP contribution in [0, 0.1) is 0 Å². The van der Waals surface area contributed by atoms with Gasteiger partial charge in [0.15, 0.2) is 6.04 Å². The molecular formula is C18H32N2O7. The SMILES string of the molecule is CC(C)OC(=O)[C@@H](NC(=O)[C@H]1NCC[C@@H]1OCC(=O)OC(C)(C)C)[C@@H](C)O. The minimum atomic E-state index is -1.19. The Kier molecular flexibility index (Phi) is 8.64. The molecule has 0 aliphatic carbocycles. The summed E-state index contributed by atoms with van der Waals surface area (Å²) in [4.78, 5) is 36.4. The van der Waals surface area contributed by atoms with E-state index in [-0.39, 0.29) is 12.7 Å². The Hall–Kier alpha value is -1.71. The minimum Gasteiger partial charge on any atom is -0.461 e. The summed E-state index contributed by atoms with van der Waals surface area (Å²) in [6.45, 7) is 10.3. The van der Waals surface area contributed by atoms with E-state index in [1.807, 2.05) is 0 Å². The molecule has 1 fully saturated rings. The van der Waals surface area contributed by atoms with Crippen LogP contribution in [0.2, 0.25) is 0 Å². The molecule has 0 aromatic carbocycles. The molecule has 9 nitrogen and oxygen atoms in total. The summed E-state index contributed by atoms with van der Waals surface area (Å²) in [5, 5.41) is 15.3. The molecule has 1 aliphatic heterocycles. The van der Waals surface area contributed by atoms with Crippen molar-refractivity contribution < 1.29 is 33.7 Å². The average molecular weight is 388 g/mol. The summed E-state index contributed by atoms with van der Waals surface area (Å²) in [5.74, 6) is -1.73. The third kappa shape index (κ3) is 8.23. The first-order valence-corrected chi connectivity index (χ1v) is 9.16. The number of ether oxygens (including phenoxy) is 3. The van der Waals surface area contributed by atoms with Gasteiger partial charge in [0.1, 0.15) is 18.2 Å². The molecule has 1 heterocycles. The van der Waals surface area contributed by atoms with Crippen molar-refractivity contribution in [1.82, 2.24) is 10.6 Å². The highest BCUT2D eigenvalue weighted by molar-refractivity contribution is 5.88. The normalized spacial score (nSPS) is 22.2. The molecule has 1 amide bonds. The second-order valence-electron chi connectivity index (χ2n) is 7.87. The Morgan fingerprint density at radius 1 is 1.22 bits per heavy atom. The van der Waals surface area contributed by atoms with E-state index in [0.29, 0.717) is 13.0 Å². The molecule has 1 saturated heterocycles. The van der Waals surface area contributed by atoms with E-state index in [1.165, 1.54) is 6.92 Å². The van der Waals surface area contributed by atoms with Crippen molar-refractivity contribution in [2.45, 2.75) is 84.0 Å². The van der Waals surface area contributed by atoms with Crippen LogP contribution >= 0.6 is 0 Å². The largest absolute Gasteiger partial charge is 0.461 e. The Labute approximate surface area is 160 Å². The number of aliphatic hydroxyl groups excluding tert-OH is 1. The maximum Gasteiger partial charge on any atom is 0.332 e. The van der Waals surface area contributed by atoms with Crippen LogP contribution < -0.4 is 10.6 Å². The molecule has 0 spiro atoms. The molecule has 1 aliphatic rings. The molecule has 9 heteroatoms. The van der Waals surface area contributed by atoms with Crippen LogP contribution in [-0.2, 0) is 28.6 Å². The summed E-state index contributed by atoms with van der Waals surface area (Å²) < 4.78 is 15.8. The van der Waals surface area contributed by atoms with Crippen LogP contribution in [0.15, 0.2) is 0 Å². The van der Waals surface area contributed by atoms with Gasteiger partial charge < -0.3 is 30.0 Å². The minimum absolute atomic E-state index is 0.275. The Balaban J connectivity index is 2.63. The lowest BCUT2D eigenvalue weighted by Gasteiger charge is -2.25. The van der Waals surface area contributed by atoms with Gasteiger partial charge in [-0.1, -0.05) is 0 Å². The van der Waals surface area contributed by atoms with Gasteiger partial charge in [0, 0.05) is 0 Å². The van der Waals surface area contributed by atoms with Crippen molar-refractivity contribution in [2.75, 3.05) is 13.2 Å². The van der Waals surface area contributed by atoms with Crippen LogP contribution in [-0.4, -0.2) is 72.1 Å². The Bertz CT molecular complexity index is 528. The molecule has 0 bridgehead atoms. The van der Waals surface area contributed by atoms with Gasteiger partial charge in [-0.05, 0) is 54.5 Å². The summed E-state index contributed by atoms with van der Waals surface area (Å²) in [5.41, 5.74) is -0.619. The molecular weight excluding hydrogens is 356 g/mol. The first-order valence-electron chi connectivity index (χ1n) is 9.16. The van der Waals surface area contributed by atoms with Crippen LogP contribution in [0.4, 0.5) is 0 Å². The van der Waals surface area contributed by atoms with Crippen LogP contribution in [0.5, 0.6) is 0 Å². The van der Waals surface area contributed by atoms with Gasteiger partial charge in [0.2, 0.25) is 5.91 Å². The quantitative estimate of drug-likeness (QED) is 0.492. The second-order valence-corrected chi connectivity index (χ2v) is 7.87. The first-order chi connectivity index (χ1) is 12.4. The van der Waals surface area contributed by atoms with Crippen LogP contribution in [0.1, 0.15) is 48.0 Å². The number of hydrogen-bond acceptors (Lipinski definition) is 8. The molecule has 1 rings (SSSR count). The summed E-state index contributed by atoms with van der Waals surface area (Å²) in [7, 11) is 0. The molecule has 0 radical (unpaired) electrons. The van der Waals surface area contributed by atoms with E-state index in [2.05, 4.69) is 10.6 Å². The lowest BCUT2D eigenvalue weighted by atomic mass is 10.1. The van der Waals surface area contributed by atoms with Gasteiger partial charge in [0.25, 0.3) is 0 Å². The molecule has 0 unspecified atom stereocenters. The summed E-state index contributed by atoms with van der Waals surface area (Å²) in [6, 6.07) is -1.94. The predicted octanol–water partition coefficient (Wildman–Crippen LogP) is -0.108. The number of nitrogens with one attached hydrogen (secondary N) is 2. The maximum atomic E-state index is 12.5. The molecule has 4 atom stereocenters. The fourth-order valence-electron chi connectivity index (χ4n) is 2.59. The fourth-order valence-corrected chi connectivity index (χ4v) is 2.59. The Morgan fingerprint density at radius 2 is 1.85 bits per heavy atom. The average Bonchev–Trinajstić information content (AvgIpc) is 2.96. The van der Waals surface area contributed by atoms with E-state index < -0.39 is 47.7 Å². The maximum absolute atomic E-state index is 12.5. The van der Waals surface area contributed by atoms with Crippen molar-refractivity contribution in [3.63, 3.8) is 0 Å². The number of hydrogen-bond donors (Lipinski definition) is 3. The van der Waals surface area contributed by atoms with Crippen LogP contribution in [0.3, 0.4) is 0 Å². The number of carbonyl (C=O) groups excluding carboxylic acids is 3. The zero-order chi connectivity index (χ0) is 20.8. The van der Waals surface area contributed by atoms with E-state index in [1.54, 1.807) is 34.6 Å². The number of amides is 1. The topological polar surface area (TPSA) is 123 Å². The molecule has 0 aromatic heterocycles. The lowest BCUT2D eigenvalue weighted by molar-refractivity contribution is -0.163. The van der Waals surface area contributed by atoms with E-state index >= 15 is 0 Å². The van der Waals surface area contributed by atoms with Gasteiger partial charge in [-0.15, -0.1) is 0 Å². The molecule has 0 saturated carbocycles. The van der Waals surface area contributed by atoms with Crippen LogP contribution in [0.25, 0.3) is 0 Å². The number of esters is 2. The van der Waals surface area contributed by atoms with Gasteiger partial charge in [-0.2, -0.15) is 0 Å². The summed E-state index contributed by atoms with van der Waals surface area (Å²) >= 11 is 0. The predicted molar refractivity (Wildman–Crippen MR) is 96.8 cm³/mol. The Morgan fingerprint density at radius 3 is 2.37 bits per heavy atom. The fraction of sp³-hybridized carbons (Fsp3) is 0.833. The van der Waals surface area contributed by atoms with Crippen molar-refractivity contribution in [3.8, 4) is 0 Å². The third-order valence-electron chi connectivity index (χ3n) is 3.67. The highest BCUT2D eigenvalue weighted by Crippen LogP contribution is 2.14. The number of rotatable bonds is 8. The molecule has 27 heavy (non-hydrogen) atoms. The van der Waals surface area contributed by atoms with Crippen molar-refractivity contribution in [3.05, 3.63) is 0 Å². The monoisotopic (exact) mass is 388 g/mol. The number of carbonyl (C=O) groups is 3.